The highest BCUT2D eigenvalue weighted by Crippen LogP contribution is 2.51. The van der Waals surface area contributed by atoms with E-state index in [2.05, 4.69) is 21.6 Å². The van der Waals surface area contributed by atoms with Crippen LogP contribution < -0.4 is 10.1 Å². The fourth-order valence-electron chi connectivity index (χ4n) is 7.88. The highest BCUT2D eigenvalue weighted by Gasteiger charge is 2.45. The van der Waals surface area contributed by atoms with E-state index in [4.69, 9.17) is 30.7 Å². The second kappa shape index (κ2) is 12.4. The number of fused-ring (bicyclic) bond motifs is 5. The topological polar surface area (TPSA) is 106 Å². The number of aromatic nitrogens is 4. The van der Waals surface area contributed by atoms with Crippen molar-refractivity contribution in [3.05, 3.63) is 105 Å². The van der Waals surface area contributed by atoms with Crippen LogP contribution in [0.25, 0.3) is 32.0 Å². The number of nitrogens with one attached hydrogen (secondary N) is 1. The monoisotopic (exact) mass is 724 g/mol. The van der Waals surface area contributed by atoms with Gasteiger partial charge in [0, 0.05) is 30.1 Å². The van der Waals surface area contributed by atoms with Crippen molar-refractivity contribution in [1.29, 1.82) is 0 Å². The summed E-state index contributed by atoms with van der Waals surface area (Å²) in [5.41, 5.74) is 5.76. The van der Waals surface area contributed by atoms with Crippen molar-refractivity contribution in [3.8, 4) is 27.6 Å². The van der Waals surface area contributed by atoms with E-state index in [1.807, 2.05) is 11.0 Å². The first-order valence-corrected chi connectivity index (χ1v) is 18.1. The number of ether oxygens (including phenoxy) is 1. The standard InChI is InChI=1S/C38H31ClF2N6O3S/c1-18-45-46-37(50-18)29-26(11-7-19-5-8-21(40)9-6-19)43-33-27-4-3-15-47(27)38(48)31(33)30(29)28-16-20-13-14-42-36(35(20)51-28)44-25-12-10-22-23(25)17-24(39)34(49-2)32(22)41/h5-6,8-9,13-14,16-17,25,27H,3-4,7,10-12,15H2,1-2H3,(H,42,44)/t25-,27+/m0/s1. The fraction of sp³-hybridized carbons (Fsp3) is 0.289. The van der Waals surface area contributed by atoms with Crippen LogP contribution in [0.5, 0.6) is 5.75 Å². The van der Waals surface area contributed by atoms with Gasteiger partial charge in [0.25, 0.3) is 5.91 Å². The minimum Gasteiger partial charge on any atom is -0.492 e. The van der Waals surface area contributed by atoms with E-state index in [-0.39, 0.29) is 40.5 Å². The van der Waals surface area contributed by atoms with E-state index < -0.39 is 5.82 Å². The number of amides is 1. The Bertz CT molecular complexity index is 2380. The summed E-state index contributed by atoms with van der Waals surface area (Å²) in [5.74, 6) is 0.623. The average molecular weight is 725 g/mol. The van der Waals surface area contributed by atoms with Crippen molar-refractivity contribution in [1.82, 2.24) is 25.1 Å². The third-order valence-corrected chi connectivity index (χ3v) is 11.7. The SMILES string of the molecule is COc1c(Cl)cc2c(c1F)CC[C@@H]2Nc1nccc2cc(-c3c4c(nc(CCc5ccc(F)cc5)c3-c3nnc(C)o3)[C@H]3CCCN3C4=O)sc12. The first kappa shape index (κ1) is 32.0. The average Bonchev–Trinajstić information content (AvgIpc) is 3.96. The van der Waals surface area contributed by atoms with Crippen LogP contribution in [0.1, 0.15) is 75.7 Å². The maximum Gasteiger partial charge on any atom is 0.257 e. The van der Waals surface area contributed by atoms with Gasteiger partial charge in [-0.05, 0) is 90.9 Å². The molecule has 3 aliphatic rings. The number of nitrogens with zero attached hydrogens (tertiary/aromatic N) is 5. The molecule has 6 aromatic rings. The Balaban J connectivity index is 1.19. The number of benzene rings is 2. The van der Waals surface area contributed by atoms with Gasteiger partial charge in [0.15, 0.2) is 11.6 Å². The molecule has 2 atom stereocenters. The number of rotatable bonds is 8. The summed E-state index contributed by atoms with van der Waals surface area (Å²) < 4.78 is 41.2. The predicted octanol–water partition coefficient (Wildman–Crippen LogP) is 8.83. The highest BCUT2D eigenvalue weighted by molar-refractivity contribution is 7.23. The number of hydrogen-bond acceptors (Lipinski definition) is 9. The number of anilines is 1. The van der Waals surface area contributed by atoms with Gasteiger partial charge < -0.3 is 19.4 Å². The largest absolute Gasteiger partial charge is 0.492 e. The lowest BCUT2D eigenvalue weighted by molar-refractivity contribution is 0.0776. The molecule has 258 valence electrons. The van der Waals surface area contributed by atoms with Crippen LogP contribution in [0.15, 0.2) is 53.1 Å². The molecule has 1 N–H and O–H groups in total. The third kappa shape index (κ3) is 5.26. The van der Waals surface area contributed by atoms with Gasteiger partial charge in [-0.25, -0.2) is 13.8 Å². The third-order valence-electron chi connectivity index (χ3n) is 10.2. The zero-order valence-electron chi connectivity index (χ0n) is 27.7. The molecule has 9 nitrogen and oxygen atoms in total. The Hall–Kier alpha value is -4.94. The Morgan fingerprint density at radius 2 is 1.92 bits per heavy atom. The summed E-state index contributed by atoms with van der Waals surface area (Å²) in [7, 11) is 1.41. The van der Waals surface area contributed by atoms with Gasteiger partial charge in [0.2, 0.25) is 11.8 Å². The second-order valence-corrected chi connectivity index (χ2v) is 14.6. The van der Waals surface area contributed by atoms with Gasteiger partial charge in [-0.3, -0.25) is 9.78 Å². The minimum atomic E-state index is -0.426. The van der Waals surface area contributed by atoms with Gasteiger partial charge in [0.05, 0.1) is 51.4 Å². The molecule has 9 rings (SSSR count). The summed E-state index contributed by atoms with van der Waals surface area (Å²) in [4.78, 5) is 26.9. The maximum absolute atomic E-state index is 15.3. The van der Waals surface area contributed by atoms with Crippen LogP contribution in [0, 0.1) is 18.6 Å². The van der Waals surface area contributed by atoms with Crippen molar-refractivity contribution in [3.63, 3.8) is 0 Å². The van der Waals surface area contributed by atoms with Crippen molar-refractivity contribution in [2.24, 2.45) is 0 Å². The molecular formula is C38H31ClF2N6O3S. The molecule has 4 aromatic heterocycles. The van der Waals surface area contributed by atoms with Crippen LogP contribution in [0.4, 0.5) is 14.6 Å². The molecule has 0 saturated carbocycles. The Kier molecular flexibility index (Phi) is 7.77. The van der Waals surface area contributed by atoms with Crippen molar-refractivity contribution < 1.29 is 22.7 Å². The van der Waals surface area contributed by atoms with Crippen LogP contribution >= 0.6 is 22.9 Å². The van der Waals surface area contributed by atoms with Gasteiger partial charge >= 0.3 is 0 Å². The zero-order chi connectivity index (χ0) is 35.0. The number of carbonyl (C=O) groups is 1. The van der Waals surface area contributed by atoms with Crippen molar-refractivity contribution in [2.75, 3.05) is 19.0 Å². The Labute approximate surface area is 300 Å². The van der Waals surface area contributed by atoms with Crippen LogP contribution in [0.2, 0.25) is 5.02 Å². The minimum absolute atomic E-state index is 0.0524. The van der Waals surface area contributed by atoms with E-state index in [1.54, 1.807) is 31.3 Å². The van der Waals surface area contributed by atoms with Crippen molar-refractivity contribution >= 4 is 44.7 Å². The van der Waals surface area contributed by atoms with E-state index in [0.29, 0.717) is 60.6 Å². The molecule has 13 heteroatoms. The lowest BCUT2D eigenvalue weighted by Gasteiger charge is -2.17. The highest BCUT2D eigenvalue weighted by atomic mass is 35.5. The molecule has 0 radical (unpaired) electrons. The molecular weight excluding hydrogens is 694 g/mol. The van der Waals surface area contributed by atoms with Gasteiger partial charge in [-0.15, -0.1) is 21.5 Å². The van der Waals surface area contributed by atoms with Gasteiger partial charge in [-0.2, -0.15) is 0 Å². The van der Waals surface area contributed by atoms with E-state index in [9.17, 15) is 9.18 Å². The first-order chi connectivity index (χ1) is 24.8. The van der Waals surface area contributed by atoms with Gasteiger partial charge in [0.1, 0.15) is 11.6 Å². The molecule has 0 unspecified atom stereocenters. The number of thiophene rings is 1. The van der Waals surface area contributed by atoms with E-state index in [0.717, 1.165) is 55.9 Å². The number of methoxy groups -OCH3 is 1. The number of hydrogen-bond donors (Lipinski definition) is 1. The summed E-state index contributed by atoms with van der Waals surface area (Å²) >= 11 is 7.92. The molecule has 6 heterocycles. The Morgan fingerprint density at radius 3 is 2.71 bits per heavy atom. The van der Waals surface area contributed by atoms with Crippen LogP contribution in [0.3, 0.4) is 0 Å². The zero-order valence-corrected chi connectivity index (χ0v) is 29.3. The molecule has 1 amide bonds. The number of halogens is 3. The number of carbonyl (C=O) groups excluding carboxylic acids is 1. The predicted molar refractivity (Wildman–Crippen MR) is 190 cm³/mol. The second-order valence-electron chi connectivity index (χ2n) is 13.2. The van der Waals surface area contributed by atoms with Gasteiger partial charge in [-0.1, -0.05) is 23.7 Å². The summed E-state index contributed by atoms with van der Waals surface area (Å²) in [6.45, 7) is 2.40. The number of aryl methyl sites for hydroxylation is 3. The lowest BCUT2D eigenvalue weighted by atomic mass is 9.93. The quantitative estimate of drug-likeness (QED) is 0.166. The molecule has 0 bridgehead atoms. The molecule has 2 aliphatic heterocycles. The van der Waals surface area contributed by atoms with Crippen LogP contribution in [-0.4, -0.2) is 44.6 Å². The van der Waals surface area contributed by atoms with Crippen LogP contribution in [-0.2, 0) is 19.3 Å². The summed E-state index contributed by atoms with van der Waals surface area (Å²) in [6, 6.07) is 11.9. The molecule has 0 spiro atoms. The number of pyridine rings is 2. The Morgan fingerprint density at radius 1 is 1.08 bits per heavy atom. The molecule has 51 heavy (non-hydrogen) atoms. The molecule has 1 aliphatic carbocycles. The summed E-state index contributed by atoms with van der Waals surface area (Å²) in [5, 5.41) is 13.3. The van der Waals surface area contributed by atoms with E-state index in [1.165, 1.54) is 30.6 Å². The first-order valence-electron chi connectivity index (χ1n) is 16.9. The normalized spacial score (nSPS) is 17.7. The summed E-state index contributed by atoms with van der Waals surface area (Å²) in [6.07, 6.45) is 5.80. The molecule has 1 fully saturated rings. The molecule has 2 aromatic carbocycles. The lowest BCUT2D eigenvalue weighted by Crippen LogP contribution is -2.22. The van der Waals surface area contributed by atoms with Crippen molar-refractivity contribution in [2.45, 2.75) is 57.5 Å². The van der Waals surface area contributed by atoms with E-state index >= 15 is 4.39 Å². The smallest absolute Gasteiger partial charge is 0.257 e. The molecule has 1 saturated heterocycles. The maximum atomic E-state index is 15.3. The fourth-order valence-corrected chi connectivity index (χ4v) is 9.32.